The normalized spacial score (nSPS) is 14.6. The summed E-state index contributed by atoms with van der Waals surface area (Å²) >= 11 is 0. The molecule has 4 rings (SSSR count). The van der Waals surface area contributed by atoms with Gasteiger partial charge < -0.3 is 20.1 Å². The number of carbonyl (C=O) groups is 2. The average molecular weight is 434 g/mol. The lowest BCUT2D eigenvalue weighted by atomic mass is 10.0. The number of nitrogens with zero attached hydrogens (tertiary/aromatic N) is 2. The van der Waals surface area contributed by atoms with E-state index in [9.17, 15) is 9.59 Å². The maximum atomic E-state index is 12.8. The van der Waals surface area contributed by atoms with E-state index in [1.807, 2.05) is 50.2 Å². The van der Waals surface area contributed by atoms with Gasteiger partial charge in [0.15, 0.2) is 0 Å². The van der Waals surface area contributed by atoms with Crippen LogP contribution in [-0.2, 0) is 16.0 Å². The minimum Gasteiger partial charge on any atom is -0.497 e. The van der Waals surface area contributed by atoms with E-state index in [0.717, 1.165) is 28.1 Å². The van der Waals surface area contributed by atoms with Crippen LogP contribution in [0.4, 0.5) is 11.5 Å². The van der Waals surface area contributed by atoms with Crippen LogP contribution in [-0.4, -0.2) is 35.8 Å². The molecular formula is C24H26N4O4. The molecule has 32 heavy (non-hydrogen) atoms. The number of benzene rings is 2. The van der Waals surface area contributed by atoms with Crippen molar-refractivity contribution in [3.05, 3.63) is 53.7 Å². The Morgan fingerprint density at radius 3 is 2.72 bits per heavy atom. The molecule has 1 atom stereocenters. The van der Waals surface area contributed by atoms with Gasteiger partial charge in [-0.3, -0.25) is 9.59 Å². The van der Waals surface area contributed by atoms with Gasteiger partial charge in [0.05, 0.1) is 32.0 Å². The van der Waals surface area contributed by atoms with Gasteiger partial charge in [0.1, 0.15) is 23.4 Å². The average Bonchev–Trinajstić information content (AvgIpc) is 3.29. The first-order valence-electron chi connectivity index (χ1n) is 10.5. The highest BCUT2D eigenvalue weighted by molar-refractivity contribution is 6.04. The lowest BCUT2D eigenvalue weighted by Gasteiger charge is -2.13. The Hall–Kier alpha value is -3.81. The molecule has 2 amide bonds. The van der Waals surface area contributed by atoms with Crippen LogP contribution in [0.15, 0.2) is 42.5 Å². The lowest BCUT2D eigenvalue weighted by Crippen LogP contribution is -2.24. The largest absolute Gasteiger partial charge is 0.497 e. The van der Waals surface area contributed by atoms with Gasteiger partial charge in [0.25, 0.3) is 5.91 Å². The Morgan fingerprint density at radius 1 is 1.19 bits per heavy atom. The van der Waals surface area contributed by atoms with Gasteiger partial charge in [0.2, 0.25) is 5.91 Å². The van der Waals surface area contributed by atoms with Crippen molar-refractivity contribution in [2.75, 3.05) is 24.9 Å². The third kappa shape index (κ3) is 3.91. The van der Waals surface area contributed by atoms with Crippen molar-refractivity contribution >= 4 is 23.3 Å². The molecule has 3 aromatic rings. The minimum absolute atomic E-state index is 0.0433. The molecule has 8 nitrogen and oxygen atoms in total. The van der Waals surface area contributed by atoms with Gasteiger partial charge in [-0.05, 0) is 48.7 Å². The van der Waals surface area contributed by atoms with E-state index in [-0.39, 0.29) is 18.2 Å². The molecule has 1 unspecified atom stereocenters. The summed E-state index contributed by atoms with van der Waals surface area (Å²) in [5.74, 6) is 1.33. The van der Waals surface area contributed by atoms with Crippen LogP contribution in [0.3, 0.4) is 0 Å². The van der Waals surface area contributed by atoms with Gasteiger partial charge >= 0.3 is 0 Å². The van der Waals surface area contributed by atoms with E-state index >= 15 is 0 Å². The van der Waals surface area contributed by atoms with Crippen molar-refractivity contribution in [1.82, 2.24) is 9.78 Å². The third-order valence-electron chi connectivity index (χ3n) is 5.52. The highest BCUT2D eigenvalue weighted by Crippen LogP contribution is 2.39. The summed E-state index contributed by atoms with van der Waals surface area (Å²) in [7, 11) is 3.16. The van der Waals surface area contributed by atoms with Crippen LogP contribution in [0.2, 0.25) is 0 Å². The number of fused-ring (bicyclic) bond motifs is 1. The quantitative estimate of drug-likeness (QED) is 0.587. The number of nitrogens with one attached hydrogen (secondary N) is 2. The van der Waals surface area contributed by atoms with Crippen molar-refractivity contribution in [3.63, 3.8) is 0 Å². The number of anilines is 2. The molecular weight excluding hydrogens is 408 g/mol. The van der Waals surface area contributed by atoms with E-state index in [1.54, 1.807) is 25.0 Å². The molecule has 0 aliphatic carbocycles. The lowest BCUT2D eigenvalue weighted by molar-refractivity contribution is -0.123. The Balaban J connectivity index is 1.62. The number of carbonyl (C=O) groups excluding carboxylic acids is 2. The first-order chi connectivity index (χ1) is 15.4. The van der Waals surface area contributed by atoms with E-state index in [1.165, 1.54) is 0 Å². The molecule has 0 fully saturated rings. The van der Waals surface area contributed by atoms with E-state index < -0.39 is 6.04 Å². The van der Waals surface area contributed by atoms with Crippen molar-refractivity contribution in [1.29, 1.82) is 0 Å². The van der Waals surface area contributed by atoms with Crippen LogP contribution >= 0.6 is 0 Å². The predicted molar refractivity (Wildman–Crippen MR) is 122 cm³/mol. The summed E-state index contributed by atoms with van der Waals surface area (Å²) < 4.78 is 12.3. The first-order valence-corrected chi connectivity index (χ1v) is 10.5. The Kier molecular flexibility index (Phi) is 5.85. The van der Waals surface area contributed by atoms with Crippen LogP contribution < -0.4 is 20.1 Å². The Morgan fingerprint density at radius 2 is 2.00 bits per heavy atom. The molecule has 0 saturated carbocycles. The topological polar surface area (TPSA) is 94.5 Å². The van der Waals surface area contributed by atoms with Crippen molar-refractivity contribution < 1.29 is 19.1 Å². The molecule has 8 heteroatoms. The molecule has 1 aliphatic heterocycles. The fraction of sp³-hybridized carbons (Fsp3) is 0.292. The number of methoxy groups -OCH3 is 2. The van der Waals surface area contributed by atoms with E-state index in [2.05, 4.69) is 15.7 Å². The second kappa shape index (κ2) is 8.74. The maximum absolute atomic E-state index is 12.8. The van der Waals surface area contributed by atoms with Gasteiger partial charge in [-0.15, -0.1) is 0 Å². The Bertz CT molecular complexity index is 1180. The number of aromatic nitrogens is 2. The molecule has 2 N–H and O–H groups in total. The van der Waals surface area contributed by atoms with Crippen LogP contribution in [0, 0.1) is 6.92 Å². The zero-order valence-corrected chi connectivity index (χ0v) is 18.6. The number of ether oxygens (including phenoxy) is 2. The van der Waals surface area contributed by atoms with Crippen molar-refractivity contribution in [2.45, 2.75) is 32.7 Å². The summed E-state index contributed by atoms with van der Waals surface area (Å²) in [5, 5.41) is 10.5. The molecule has 0 bridgehead atoms. The number of aryl methyl sites for hydroxylation is 2. The SMILES string of the molecule is CCc1nn2c(c1-c1cccc(OC)c1)NC(=O)C2CC(=O)Nc1cc(C)ccc1OC. The summed E-state index contributed by atoms with van der Waals surface area (Å²) in [6.07, 6.45) is 0.639. The number of rotatable bonds is 7. The van der Waals surface area contributed by atoms with E-state index in [0.29, 0.717) is 23.7 Å². The summed E-state index contributed by atoms with van der Waals surface area (Å²) in [4.78, 5) is 25.6. The Labute approximate surface area is 186 Å². The smallest absolute Gasteiger partial charge is 0.251 e. The molecule has 0 radical (unpaired) electrons. The van der Waals surface area contributed by atoms with E-state index in [4.69, 9.17) is 9.47 Å². The van der Waals surface area contributed by atoms with Crippen molar-refractivity contribution in [2.24, 2.45) is 0 Å². The fourth-order valence-corrected chi connectivity index (χ4v) is 3.94. The number of amides is 2. The molecule has 166 valence electrons. The second-order valence-corrected chi connectivity index (χ2v) is 7.66. The fourth-order valence-electron chi connectivity index (χ4n) is 3.94. The highest BCUT2D eigenvalue weighted by Gasteiger charge is 2.36. The van der Waals surface area contributed by atoms with Gasteiger partial charge in [0, 0.05) is 5.56 Å². The van der Waals surface area contributed by atoms with Crippen LogP contribution in [0.1, 0.15) is 30.6 Å². The minimum atomic E-state index is -0.731. The first kappa shape index (κ1) is 21.4. The van der Waals surface area contributed by atoms with Crippen molar-refractivity contribution in [3.8, 4) is 22.6 Å². The van der Waals surface area contributed by atoms with Gasteiger partial charge in [-0.25, -0.2) is 4.68 Å². The molecule has 2 aromatic carbocycles. The predicted octanol–water partition coefficient (Wildman–Crippen LogP) is 3.96. The van der Waals surface area contributed by atoms with Crippen LogP contribution in [0.5, 0.6) is 11.5 Å². The van der Waals surface area contributed by atoms with Crippen LogP contribution in [0.25, 0.3) is 11.1 Å². The second-order valence-electron chi connectivity index (χ2n) is 7.66. The third-order valence-corrected chi connectivity index (χ3v) is 5.52. The number of hydrogen-bond acceptors (Lipinski definition) is 5. The molecule has 1 aliphatic rings. The zero-order chi connectivity index (χ0) is 22.8. The summed E-state index contributed by atoms with van der Waals surface area (Å²) in [6.45, 7) is 3.94. The molecule has 0 spiro atoms. The molecule has 1 aromatic heterocycles. The standard InChI is InChI=1S/C24H26N4O4/c1-5-17-22(15-7-6-8-16(12-15)31-3)23-26-24(30)19(28(23)27-17)13-21(29)25-18-11-14(2)9-10-20(18)32-4/h6-12,19H,5,13H2,1-4H3,(H,25,29)(H,26,30). The number of hydrogen-bond donors (Lipinski definition) is 2. The maximum Gasteiger partial charge on any atom is 0.251 e. The van der Waals surface area contributed by atoms with Gasteiger partial charge in [-0.1, -0.05) is 25.1 Å². The monoisotopic (exact) mass is 434 g/mol. The summed E-state index contributed by atoms with van der Waals surface area (Å²) in [5.41, 5.74) is 4.16. The summed E-state index contributed by atoms with van der Waals surface area (Å²) in [6, 6.07) is 12.4. The molecule has 0 saturated heterocycles. The zero-order valence-electron chi connectivity index (χ0n) is 18.6. The van der Waals surface area contributed by atoms with Gasteiger partial charge in [-0.2, -0.15) is 5.10 Å². The highest BCUT2D eigenvalue weighted by atomic mass is 16.5. The molecule has 2 heterocycles.